The first-order valence-corrected chi connectivity index (χ1v) is 7.35. The largest absolute Gasteiger partial charge is 0.409 e. The standard InChI is InChI=1S/C16H16ClN5O/c1-10-13(4-6-15(18)20-23)16(21(2)19-10)22-8-7-11-9-12(17)3-5-14(11)22/h3-9,23H,1-2H3,(H2,18,20)/b6-4+. The molecule has 118 valence electrons. The first-order chi connectivity index (χ1) is 11.0. The molecule has 7 heteroatoms. The van der Waals surface area contributed by atoms with Gasteiger partial charge in [0.1, 0.15) is 5.82 Å². The number of hydrogen-bond acceptors (Lipinski definition) is 3. The Labute approximate surface area is 138 Å². The number of halogens is 1. The number of hydrogen-bond donors (Lipinski definition) is 2. The van der Waals surface area contributed by atoms with E-state index in [1.165, 1.54) is 6.08 Å². The SMILES string of the molecule is Cc1nn(C)c(-n2ccc3cc(Cl)ccc32)c1/C=C/C(N)=NO. The highest BCUT2D eigenvalue weighted by Crippen LogP contribution is 2.27. The third kappa shape index (κ3) is 2.68. The van der Waals surface area contributed by atoms with Crippen LogP contribution in [0.4, 0.5) is 0 Å². The average molecular weight is 330 g/mol. The third-order valence-corrected chi connectivity index (χ3v) is 3.89. The Morgan fingerprint density at radius 3 is 2.91 bits per heavy atom. The van der Waals surface area contributed by atoms with E-state index in [-0.39, 0.29) is 5.84 Å². The number of fused-ring (bicyclic) bond motifs is 1. The van der Waals surface area contributed by atoms with Crippen molar-refractivity contribution >= 4 is 34.4 Å². The van der Waals surface area contributed by atoms with Gasteiger partial charge in [-0.05, 0) is 43.3 Å². The molecule has 0 saturated heterocycles. The van der Waals surface area contributed by atoms with Crippen LogP contribution in [0, 0.1) is 6.92 Å². The Bertz CT molecular complexity index is 935. The molecule has 0 spiro atoms. The Morgan fingerprint density at radius 1 is 1.39 bits per heavy atom. The van der Waals surface area contributed by atoms with Crippen LogP contribution in [0.1, 0.15) is 11.3 Å². The van der Waals surface area contributed by atoms with Gasteiger partial charge in [-0.2, -0.15) is 5.10 Å². The molecule has 0 aliphatic heterocycles. The highest BCUT2D eigenvalue weighted by atomic mass is 35.5. The first kappa shape index (κ1) is 15.2. The van der Waals surface area contributed by atoms with Crippen LogP contribution in [0.25, 0.3) is 22.8 Å². The molecule has 3 rings (SSSR count). The van der Waals surface area contributed by atoms with Crippen molar-refractivity contribution < 1.29 is 5.21 Å². The summed E-state index contributed by atoms with van der Waals surface area (Å²) < 4.78 is 3.84. The second-order valence-electron chi connectivity index (χ2n) is 5.19. The molecule has 0 saturated carbocycles. The first-order valence-electron chi connectivity index (χ1n) is 6.97. The summed E-state index contributed by atoms with van der Waals surface area (Å²) >= 11 is 6.05. The summed E-state index contributed by atoms with van der Waals surface area (Å²) in [5, 5.41) is 17.8. The zero-order chi connectivity index (χ0) is 16.6. The maximum Gasteiger partial charge on any atom is 0.162 e. The molecule has 0 radical (unpaired) electrons. The van der Waals surface area contributed by atoms with E-state index in [1.807, 2.05) is 49.0 Å². The molecule has 2 heterocycles. The van der Waals surface area contributed by atoms with Crippen LogP contribution in [-0.4, -0.2) is 25.4 Å². The summed E-state index contributed by atoms with van der Waals surface area (Å²) in [4.78, 5) is 0. The Hall–Kier alpha value is -2.73. The Balaban J connectivity index is 2.21. The van der Waals surface area contributed by atoms with Gasteiger partial charge in [-0.1, -0.05) is 16.8 Å². The van der Waals surface area contributed by atoms with Crippen LogP contribution in [0.3, 0.4) is 0 Å². The van der Waals surface area contributed by atoms with Crippen molar-refractivity contribution in [3.8, 4) is 5.82 Å². The van der Waals surface area contributed by atoms with E-state index in [0.29, 0.717) is 5.02 Å². The predicted molar refractivity (Wildman–Crippen MR) is 92.2 cm³/mol. The maximum absolute atomic E-state index is 8.68. The van der Waals surface area contributed by atoms with Gasteiger partial charge in [-0.15, -0.1) is 0 Å². The number of oxime groups is 1. The van der Waals surface area contributed by atoms with Crippen LogP contribution < -0.4 is 5.73 Å². The second-order valence-corrected chi connectivity index (χ2v) is 5.63. The molecule has 0 bridgehead atoms. The molecule has 3 aromatic rings. The van der Waals surface area contributed by atoms with E-state index < -0.39 is 0 Å². The van der Waals surface area contributed by atoms with Gasteiger partial charge in [0.15, 0.2) is 5.84 Å². The van der Waals surface area contributed by atoms with Gasteiger partial charge in [-0.25, -0.2) is 0 Å². The van der Waals surface area contributed by atoms with E-state index >= 15 is 0 Å². The van der Waals surface area contributed by atoms with Gasteiger partial charge < -0.3 is 15.5 Å². The molecule has 6 nitrogen and oxygen atoms in total. The van der Waals surface area contributed by atoms with E-state index in [9.17, 15) is 0 Å². The highest BCUT2D eigenvalue weighted by Gasteiger charge is 2.15. The van der Waals surface area contributed by atoms with Crippen LogP contribution in [0.15, 0.2) is 41.7 Å². The zero-order valence-corrected chi connectivity index (χ0v) is 13.5. The minimum absolute atomic E-state index is 0.0309. The van der Waals surface area contributed by atoms with Crippen LogP contribution >= 0.6 is 11.6 Å². The molecule has 0 amide bonds. The van der Waals surface area contributed by atoms with Gasteiger partial charge >= 0.3 is 0 Å². The number of aromatic nitrogens is 3. The molecule has 2 aromatic heterocycles. The normalized spacial score (nSPS) is 12.6. The highest BCUT2D eigenvalue weighted by molar-refractivity contribution is 6.31. The van der Waals surface area contributed by atoms with Crippen molar-refractivity contribution in [3.63, 3.8) is 0 Å². The lowest BCUT2D eigenvalue weighted by molar-refractivity contribution is 0.319. The fourth-order valence-corrected chi connectivity index (χ4v) is 2.82. The lowest BCUT2D eigenvalue weighted by Gasteiger charge is -2.08. The Morgan fingerprint density at radius 2 is 2.17 bits per heavy atom. The topological polar surface area (TPSA) is 81.4 Å². The number of rotatable bonds is 3. The minimum atomic E-state index is 0.0309. The van der Waals surface area contributed by atoms with Crippen LogP contribution in [0.2, 0.25) is 5.02 Å². The molecular formula is C16H16ClN5O. The number of aryl methyl sites for hydroxylation is 2. The number of nitrogens with zero attached hydrogens (tertiary/aromatic N) is 4. The molecule has 3 N–H and O–H groups in total. The van der Waals surface area contributed by atoms with E-state index in [4.69, 9.17) is 22.5 Å². The summed E-state index contributed by atoms with van der Waals surface area (Å²) in [5.41, 5.74) is 8.28. The van der Waals surface area contributed by atoms with Crippen molar-refractivity contribution in [1.29, 1.82) is 0 Å². The summed E-state index contributed by atoms with van der Waals surface area (Å²) in [6.07, 6.45) is 5.29. The minimum Gasteiger partial charge on any atom is -0.409 e. The lowest BCUT2D eigenvalue weighted by atomic mass is 10.2. The molecule has 0 aliphatic carbocycles. The van der Waals surface area contributed by atoms with Crippen molar-refractivity contribution in [1.82, 2.24) is 14.3 Å². The molecule has 0 fully saturated rings. The molecule has 0 unspecified atom stereocenters. The van der Waals surface area contributed by atoms with Crippen LogP contribution in [-0.2, 0) is 7.05 Å². The van der Waals surface area contributed by atoms with Gasteiger partial charge in [0.05, 0.1) is 11.2 Å². The predicted octanol–water partition coefficient (Wildman–Crippen LogP) is 3.09. The Kier molecular flexibility index (Phi) is 3.83. The fourth-order valence-electron chi connectivity index (χ4n) is 2.64. The van der Waals surface area contributed by atoms with Gasteiger partial charge in [0.25, 0.3) is 0 Å². The fraction of sp³-hybridized carbons (Fsp3) is 0.125. The van der Waals surface area contributed by atoms with E-state index in [0.717, 1.165) is 28.0 Å². The smallest absolute Gasteiger partial charge is 0.162 e. The second kappa shape index (κ2) is 5.81. The van der Waals surface area contributed by atoms with E-state index in [1.54, 1.807) is 10.8 Å². The molecular weight excluding hydrogens is 314 g/mol. The molecule has 23 heavy (non-hydrogen) atoms. The number of benzene rings is 1. The molecule has 1 aromatic carbocycles. The van der Waals surface area contributed by atoms with Crippen molar-refractivity contribution in [2.75, 3.05) is 0 Å². The van der Waals surface area contributed by atoms with E-state index in [2.05, 4.69) is 10.3 Å². The van der Waals surface area contributed by atoms with Crippen molar-refractivity contribution in [2.24, 2.45) is 17.9 Å². The molecule has 0 atom stereocenters. The van der Waals surface area contributed by atoms with Crippen molar-refractivity contribution in [2.45, 2.75) is 6.92 Å². The number of nitrogens with two attached hydrogens (primary N) is 1. The maximum atomic E-state index is 8.68. The zero-order valence-electron chi connectivity index (χ0n) is 12.7. The van der Waals surface area contributed by atoms with Gasteiger partial charge in [0, 0.05) is 29.2 Å². The average Bonchev–Trinajstić information content (AvgIpc) is 3.04. The van der Waals surface area contributed by atoms with Gasteiger partial charge in [-0.3, -0.25) is 4.68 Å². The monoisotopic (exact) mass is 329 g/mol. The quantitative estimate of drug-likeness (QED) is 0.335. The van der Waals surface area contributed by atoms with Crippen LogP contribution in [0.5, 0.6) is 0 Å². The van der Waals surface area contributed by atoms with Crippen molar-refractivity contribution in [3.05, 3.63) is 52.8 Å². The summed E-state index contributed by atoms with van der Waals surface area (Å²) in [7, 11) is 1.88. The summed E-state index contributed by atoms with van der Waals surface area (Å²) in [5.74, 6) is 0.921. The number of amidine groups is 1. The molecule has 0 aliphatic rings. The summed E-state index contributed by atoms with van der Waals surface area (Å²) in [6.45, 7) is 1.91. The summed E-state index contributed by atoms with van der Waals surface area (Å²) in [6, 6.07) is 7.75. The van der Waals surface area contributed by atoms with Gasteiger partial charge in [0.2, 0.25) is 0 Å². The third-order valence-electron chi connectivity index (χ3n) is 3.65. The lowest BCUT2D eigenvalue weighted by Crippen LogP contribution is -2.07.